The smallest absolute Gasteiger partial charge is 0.336 e. The Morgan fingerprint density at radius 1 is 1.24 bits per heavy atom. The highest BCUT2D eigenvalue weighted by Gasteiger charge is 2.20. The van der Waals surface area contributed by atoms with Crippen molar-refractivity contribution < 1.29 is 9.90 Å². The van der Waals surface area contributed by atoms with Crippen LogP contribution in [0.2, 0.25) is 0 Å². The summed E-state index contributed by atoms with van der Waals surface area (Å²) in [6, 6.07) is 5.76. The fourth-order valence-electron chi connectivity index (χ4n) is 3.20. The van der Waals surface area contributed by atoms with Crippen molar-refractivity contribution in [3.8, 4) is 0 Å². The number of nitrogens with zero attached hydrogens (tertiary/aromatic N) is 1. The number of piperidine rings is 1. The summed E-state index contributed by atoms with van der Waals surface area (Å²) in [4.78, 5) is 16.4. The topological polar surface area (TPSA) is 62.2 Å². The Labute approximate surface area is 124 Å². The second-order valence-electron chi connectivity index (χ2n) is 5.90. The first-order chi connectivity index (χ1) is 10.1. The quantitative estimate of drug-likeness (QED) is 0.890. The number of pyridine rings is 1. The first kappa shape index (κ1) is 14.0. The molecule has 4 heteroatoms. The predicted octanol–water partition coefficient (Wildman–Crippen LogP) is 3.02. The van der Waals surface area contributed by atoms with E-state index in [-0.39, 0.29) is 0 Å². The molecule has 0 radical (unpaired) electrons. The van der Waals surface area contributed by atoms with Crippen LogP contribution in [0.15, 0.2) is 18.2 Å². The van der Waals surface area contributed by atoms with Gasteiger partial charge in [-0.3, -0.25) is 4.98 Å². The minimum Gasteiger partial charge on any atom is -0.478 e. The SMILES string of the molecule is Cc1cc(C)c2nc(C3CCNCC3)cc(C(=O)O)c2c1. The van der Waals surface area contributed by atoms with Gasteiger partial charge in [-0.1, -0.05) is 11.6 Å². The molecule has 110 valence electrons. The number of carbonyl (C=O) groups is 1. The van der Waals surface area contributed by atoms with Crippen molar-refractivity contribution in [1.29, 1.82) is 0 Å². The Morgan fingerprint density at radius 3 is 2.62 bits per heavy atom. The third-order valence-corrected chi connectivity index (χ3v) is 4.26. The molecule has 1 fully saturated rings. The second kappa shape index (κ2) is 5.45. The lowest BCUT2D eigenvalue weighted by atomic mass is 9.91. The molecule has 1 saturated heterocycles. The molecule has 21 heavy (non-hydrogen) atoms. The molecule has 2 heterocycles. The maximum atomic E-state index is 11.6. The number of nitrogens with one attached hydrogen (secondary N) is 1. The molecule has 3 rings (SSSR count). The van der Waals surface area contributed by atoms with Gasteiger partial charge in [0, 0.05) is 17.0 Å². The number of fused-ring (bicyclic) bond motifs is 1. The van der Waals surface area contributed by atoms with Crippen molar-refractivity contribution in [3.05, 3.63) is 40.6 Å². The van der Waals surface area contributed by atoms with Crippen molar-refractivity contribution >= 4 is 16.9 Å². The van der Waals surface area contributed by atoms with Crippen molar-refractivity contribution in [1.82, 2.24) is 10.3 Å². The molecule has 0 aliphatic carbocycles. The lowest BCUT2D eigenvalue weighted by molar-refractivity contribution is 0.0699. The Hall–Kier alpha value is -1.94. The maximum Gasteiger partial charge on any atom is 0.336 e. The Bertz CT molecular complexity index is 703. The number of carboxylic acid groups (broad SMARTS) is 1. The van der Waals surface area contributed by atoms with Gasteiger partial charge in [0.15, 0.2) is 0 Å². The lowest BCUT2D eigenvalue weighted by Gasteiger charge is -2.23. The molecule has 0 atom stereocenters. The van der Waals surface area contributed by atoms with Crippen LogP contribution in [0.3, 0.4) is 0 Å². The number of aromatic nitrogens is 1. The van der Waals surface area contributed by atoms with Crippen LogP contribution in [0.4, 0.5) is 0 Å². The van der Waals surface area contributed by atoms with Crippen molar-refractivity contribution in [2.24, 2.45) is 0 Å². The van der Waals surface area contributed by atoms with Crippen LogP contribution in [0.25, 0.3) is 10.9 Å². The molecule has 2 aromatic rings. The predicted molar refractivity (Wildman–Crippen MR) is 83.0 cm³/mol. The molecule has 1 aliphatic heterocycles. The molecule has 0 unspecified atom stereocenters. The van der Waals surface area contributed by atoms with Gasteiger partial charge in [-0.15, -0.1) is 0 Å². The Morgan fingerprint density at radius 2 is 1.95 bits per heavy atom. The number of aromatic carboxylic acids is 1. The van der Waals surface area contributed by atoms with Gasteiger partial charge in [-0.25, -0.2) is 4.79 Å². The molecular formula is C17H20N2O2. The molecule has 1 aromatic carbocycles. The molecule has 0 bridgehead atoms. The van der Waals surface area contributed by atoms with E-state index in [2.05, 4.69) is 11.4 Å². The van der Waals surface area contributed by atoms with E-state index in [0.717, 1.165) is 53.7 Å². The first-order valence-corrected chi connectivity index (χ1v) is 7.42. The fraction of sp³-hybridized carbons (Fsp3) is 0.412. The highest BCUT2D eigenvalue weighted by Crippen LogP contribution is 2.29. The minimum atomic E-state index is -0.873. The van der Waals surface area contributed by atoms with Crippen LogP contribution >= 0.6 is 0 Å². The number of carboxylic acids is 1. The maximum absolute atomic E-state index is 11.6. The van der Waals surface area contributed by atoms with Crippen LogP contribution in [-0.4, -0.2) is 29.1 Å². The number of aryl methyl sites for hydroxylation is 2. The molecule has 2 N–H and O–H groups in total. The summed E-state index contributed by atoms with van der Waals surface area (Å²) in [6.07, 6.45) is 2.03. The molecule has 0 saturated carbocycles. The third kappa shape index (κ3) is 2.63. The van der Waals surface area contributed by atoms with Gasteiger partial charge >= 0.3 is 5.97 Å². The number of rotatable bonds is 2. The van der Waals surface area contributed by atoms with E-state index in [0.29, 0.717) is 11.5 Å². The van der Waals surface area contributed by atoms with Crippen molar-refractivity contribution in [2.45, 2.75) is 32.6 Å². The van der Waals surface area contributed by atoms with Crippen LogP contribution in [-0.2, 0) is 0 Å². The minimum absolute atomic E-state index is 0.356. The van der Waals surface area contributed by atoms with Gasteiger partial charge in [0.05, 0.1) is 11.1 Å². The number of benzene rings is 1. The van der Waals surface area contributed by atoms with E-state index < -0.39 is 5.97 Å². The van der Waals surface area contributed by atoms with Gasteiger partial charge in [0.2, 0.25) is 0 Å². The second-order valence-corrected chi connectivity index (χ2v) is 5.90. The normalized spacial score (nSPS) is 16.3. The largest absolute Gasteiger partial charge is 0.478 e. The molecule has 0 spiro atoms. The summed E-state index contributed by atoms with van der Waals surface area (Å²) in [5.74, 6) is -0.517. The highest BCUT2D eigenvalue weighted by molar-refractivity contribution is 6.03. The first-order valence-electron chi connectivity index (χ1n) is 7.42. The molecule has 1 aromatic heterocycles. The Balaban J connectivity index is 2.21. The van der Waals surface area contributed by atoms with Gasteiger partial charge in [-0.05, 0) is 57.5 Å². The van der Waals surface area contributed by atoms with E-state index in [1.54, 1.807) is 6.07 Å². The summed E-state index contributed by atoms with van der Waals surface area (Å²) in [5, 5.41) is 13.6. The monoisotopic (exact) mass is 284 g/mol. The molecule has 4 nitrogen and oxygen atoms in total. The van der Waals surface area contributed by atoms with Gasteiger partial charge in [-0.2, -0.15) is 0 Å². The highest BCUT2D eigenvalue weighted by atomic mass is 16.4. The van der Waals surface area contributed by atoms with E-state index in [9.17, 15) is 9.90 Å². The third-order valence-electron chi connectivity index (χ3n) is 4.26. The van der Waals surface area contributed by atoms with Crippen LogP contribution in [0.5, 0.6) is 0 Å². The number of hydrogen-bond acceptors (Lipinski definition) is 3. The van der Waals surface area contributed by atoms with Crippen molar-refractivity contribution in [3.63, 3.8) is 0 Å². The number of hydrogen-bond donors (Lipinski definition) is 2. The van der Waals surface area contributed by atoms with Gasteiger partial charge < -0.3 is 10.4 Å². The summed E-state index contributed by atoms with van der Waals surface area (Å²) >= 11 is 0. The average Bonchev–Trinajstić information content (AvgIpc) is 2.47. The zero-order valence-electron chi connectivity index (χ0n) is 12.4. The standard InChI is InChI=1S/C17H20N2O2/c1-10-7-11(2)16-13(8-10)14(17(20)21)9-15(19-16)12-3-5-18-6-4-12/h7-9,12,18H,3-6H2,1-2H3,(H,20,21). The van der Waals surface area contributed by atoms with Crippen molar-refractivity contribution in [2.75, 3.05) is 13.1 Å². The van der Waals surface area contributed by atoms with Crippen LogP contribution in [0, 0.1) is 13.8 Å². The lowest BCUT2D eigenvalue weighted by Crippen LogP contribution is -2.27. The van der Waals surface area contributed by atoms with E-state index in [1.807, 2.05) is 19.9 Å². The summed E-state index contributed by atoms with van der Waals surface area (Å²) < 4.78 is 0. The van der Waals surface area contributed by atoms with E-state index >= 15 is 0 Å². The van der Waals surface area contributed by atoms with Crippen LogP contribution < -0.4 is 5.32 Å². The zero-order chi connectivity index (χ0) is 15.0. The fourth-order valence-corrected chi connectivity index (χ4v) is 3.20. The van der Waals surface area contributed by atoms with E-state index in [1.165, 1.54) is 0 Å². The molecule has 1 aliphatic rings. The Kier molecular flexibility index (Phi) is 3.64. The van der Waals surface area contributed by atoms with E-state index in [4.69, 9.17) is 4.98 Å². The summed E-state index contributed by atoms with van der Waals surface area (Å²) in [5.41, 5.74) is 4.24. The average molecular weight is 284 g/mol. The molecular weight excluding hydrogens is 264 g/mol. The van der Waals surface area contributed by atoms with Gasteiger partial charge in [0.25, 0.3) is 0 Å². The summed E-state index contributed by atoms with van der Waals surface area (Å²) in [6.45, 7) is 5.93. The summed E-state index contributed by atoms with van der Waals surface area (Å²) in [7, 11) is 0. The molecule has 0 amide bonds. The van der Waals surface area contributed by atoms with Crippen LogP contribution in [0.1, 0.15) is 45.9 Å². The zero-order valence-corrected chi connectivity index (χ0v) is 12.4. The van der Waals surface area contributed by atoms with Gasteiger partial charge in [0.1, 0.15) is 0 Å².